The Balaban J connectivity index is 2.24. The summed E-state index contributed by atoms with van der Waals surface area (Å²) in [5, 5.41) is 6.57. The van der Waals surface area contributed by atoms with E-state index in [2.05, 4.69) is 40.4 Å². The molecule has 0 spiro atoms. The van der Waals surface area contributed by atoms with Crippen LogP contribution in [-0.4, -0.2) is 19.1 Å². The van der Waals surface area contributed by atoms with Crippen LogP contribution in [0.1, 0.15) is 19.4 Å². The zero-order valence-corrected chi connectivity index (χ0v) is 11.3. The van der Waals surface area contributed by atoms with Crippen molar-refractivity contribution in [1.29, 1.82) is 0 Å². The fourth-order valence-corrected chi connectivity index (χ4v) is 1.58. The molecule has 0 aliphatic rings. The molecule has 0 unspecified atom stereocenters. The molecule has 0 atom stereocenters. The van der Waals surface area contributed by atoms with Crippen LogP contribution in [0.25, 0.3) is 0 Å². The minimum atomic E-state index is -0.209. The molecule has 2 N–H and O–H groups in total. The van der Waals surface area contributed by atoms with Crippen molar-refractivity contribution in [2.75, 3.05) is 13.1 Å². The first-order chi connectivity index (χ1) is 7.59. The average molecular weight is 289 g/mol. The largest absolute Gasteiger partial charge is 0.313 e. The summed E-state index contributed by atoms with van der Waals surface area (Å²) in [7, 11) is 0. The molecular formula is C12H18BrFN2. The summed E-state index contributed by atoms with van der Waals surface area (Å²) in [6.07, 6.45) is 0. The Bertz CT molecular complexity index is 329. The van der Waals surface area contributed by atoms with Crippen LogP contribution in [0, 0.1) is 5.82 Å². The van der Waals surface area contributed by atoms with Gasteiger partial charge in [-0.2, -0.15) is 0 Å². The van der Waals surface area contributed by atoms with Crippen molar-refractivity contribution in [3.05, 3.63) is 34.1 Å². The number of hydrogen-bond donors (Lipinski definition) is 2. The standard InChI is InChI=1S/C12H18BrFN2/c1-9(2)16-6-5-15-8-10-3-4-11(13)12(14)7-10/h3-4,7,9,15-16H,5-6,8H2,1-2H3. The van der Waals surface area contributed by atoms with Crippen molar-refractivity contribution in [2.45, 2.75) is 26.4 Å². The average Bonchev–Trinajstić information content (AvgIpc) is 2.22. The van der Waals surface area contributed by atoms with Crippen LogP contribution >= 0.6 is 15.9 Å². The fourth-order valence-electron chi connectivity index (χ4n) is 1.33. The number of rotatable bonds is 6. The van der Waals surface area contributed by atoms with Crippen molar-refractivity contribution >= 4 is 15.9 Å². The van der Waals surface area contributed by atoms with Gasteiger partial charge in [0.2, 0.25) is 0 Å². The second kappa shape index (κ2) is 6.99. The van der Waals surface area contributed by atoms with Gasteiger partial charge in [0, 0.05) is 25.7 Å². The highest BCUT2D eigenvalue weighted by Gasteiger charge is 2.00. The number of hydrogen-bond acceptors (Lipinski definition) is 2. The van der Waals surface area contributed by atoms with Gasteiger partial charge in [-0.15, -0.1) is 0 Å². The van der Waals surface area contributed by atoms with E-state index >= 15 is 0 Å². The molecular weight excluding hydrogens is 271 g/mol. The Kier molecular flexibility index (Phi) is 5.95. The monoisotopic (exact) mass is 288 g/mol. The smallest absolute Gasteiger partial charge is 0.137 e. The predicted octanol–water partition coefficient (Wildman–Crippen LogP) is 2.68. The van der Waals surface area contributed by atoms with Gasteiger partial charge >= 0.3 is 0 Å². The van der Waals surface area contributed by atoms with E-state index in [0.717, 1.165) is 18.7 Å². The van der Waals surface area contributed by atoms with E-state index in [-0.39, 0.29) is 5.82 Å². The fraction of sp³-hybridized carbons (Fsp3) is 0.500. The van der Waals surface area contributed by atoms with Crippen LogP contribution in [0.3, 0.4) is 0 Å². The summed E-state index contributed by atoms with van der Waals surface area (Å²) in [6, 6.07) is 5.70. The van der Waals surface area contributed by atoms with Gasteiger partial charge in [0.05, 0.1) is 4.47 Å². The molecule has 1 rings (SSSR count). The Labute approximate surface area is 105 Å². The van der Waals surface area contributed by atoms with Crippen molar-refractivity contribution in [2.24, 2.45) is 0 Å². The lowest BCUT2D eigenvalue weighted by atomic mass is 10.2. The maximum atomic E-state index is 13.2. The zero-order chi connectivity index (χ0) is 12.0. The topological polar surface area (TPSA) is 24.1 Å². The minimum Gasteiger partial charge on any atom is -0.313 e. The lowest BCUT2D eigenvalue weighted by Crippen LogP contribution is -2.31. The number of nitrogens with one attached hydrogen (secondary N) is 2. The Morgan fingerprint density at radius 1 is 1.31 bits per heavy atom. The normalized spacial score (nSPS) is 11.1. The van der Waals surface area contributed by atoms with Gasteiger partial charge in [0.1, 0.15) is 5.82 Å². The van der Waals surface area contributed by atoms with E-state index < -0.39 is 0 Å². The third-order valence-corrected chi connectivity index (χ3v) is 2.81. The van der Waals surface area contributed by atoms with E-state index in [1.165, 1.54) is 0 Å². The van der Waals surface area contributed by atoms with E-state index in [9.17, 15) is 4.39 Å². The lowest BCUT2D eigenvalue weighted by molar-refractivity contribution is 0.554. The molecule has 4 heteroatoms. The van der Waals surface area contributed by atoms with Gasteiger partial charge in [0.15, 0.2) is 0 Å². The molecule has 0 radical (unpaired) electrons. The summed E-state index contributed by atoms with van der Waals surface area (Å²) in [4.78, 5) is 0. The van der Waals surface area contributed by atoms with Crippen LogP contribution in [0.5, 0.6) is 0 Å². The molecule has 0 amide bonds. The van der Waals surface area contributed by atoms with E-state index in [4.69, 9.17) is 0 Å². The molecule has 0 aliphatic carbocycles. The molecule has 16 heavy (non-hydrogen) atoms. The van der Waals surface area contributed by atoms with Gasteiger partial charge in [-0.05, 0) is 33.6 Å². The summed E-state index contributed by atoms with van der Waals surface area (Å²) >= 11 is 3.13. The molecule has 1 aromatic rings. The quantitative estimate of drug-likeness (QED) is 0.787. The molecule has 0 saturated heterocycles. The summed E-state index contributed by atoms with van der Waals surface area (Å²) in [5.74, 6) is -0.209. The molecule has 90 valence electrons. The molecule has 0 saturated carbocycles. The highest BCUT2D eigenvalue weighted by molar-refractivity contribution is 9.10. The van der Waals surface area contributed by atoms with Crippen molar-refractivity contribution in [1.82, 2.24) is 10.6 Å². The predicted molar refractivity (Wildman–Crippen MR) is 68.9 cm³/mol. The molecule has 0 aromatic heterocycles. The van der Waals surface area contributed by atoms with Crippen LogP contribution in [0.4, 0.5) is 4.39 Å². The summed E-state index contributed by atoms with van der Waals surface area (Å²) in [6.45, 7) is 6.74. The van der Waals surface area contributed by atoms with Gasteiger partial charge in [-0.3, -0.25) is 0 Å². The zero-order valence-electron chi connectivity index (χ0n) is 9.69. The SMILES string of the molecule is CC(C)NCCNCc1ccc(Br)c(F)c1. The first-order valence-electron chi connectivity index (χ1n) is 5.47. The molecule has 2 nitrogen and oxygen atoms in total. The van der Waals surface area contributed by atoms with E-state index in [1.807, 2.05) is 6.07 Å². The van der Waals surface area contributed by atoms with E-state index in [1.54, 1.807) is 12.1 Å². The lowest BCUT2D eigenvalue weighted by Gasteiger charge is -2.09. The Morgan fingerprint density at radius 3 is 2.69 bits per heavy atom. The summed E-state index contributed by atoms with van der Waals surface area (Å²) < 4.78 is 13.7. The molecule has 0 bridgehead atoms. The second-order valence-corrected chi connectivity index (χ2v) is 4.89. The van der Waals surface area contributed by atoms with Gasteiger partial charge in [0.25, 0.3) is 0 Å². The summed E-state index contributed by atoms with van der Waals surface area (Å²) in [5.41, 5.74) is 0.963. The van der Waals surface area contributed by atoms with Crippen LogP contribution in [0.2, 0.25) is 0 Å². The maximum absolute atomic E-state index is 13.2. The van der Waals surface area contributed by atoms with Crippen LogP contribution < -0.4 is 10.6 Å². The van der Waals surface area contributed by atoms with Crippen LogP contribution in [-0.2, 0) is 6.54 Å². The molecule has 1 aromatic carbocycles. The van der Waals surface area contributed by atoms with Crippen LogP contribution in [0.15, 0.2) is 22.7 Å². The van der Waals surface area contributed by atoms with Crippen molar-refractivity contribution < 1.29 is 4.39 Å². The highest BCUT2D eigenvalue weighted by Crippen LogP contribution is 2.16. The first-order valence-corrected chi connectivity index (χ1v) is 6.27. The third kappa shape index (κ3) is 5.05. The third-order valence-electron chi connectivity index (χ3n) is 2.17. The van der Waals surface area contributed by atoms with Gasteiger partial charge in [-0.1, -0.05) is 19.9 Å². The first kappa shape index (κ1) is 13.6. The molecule has 0 heterocycles. The van der Waals surface area contributed by atoms with Gasteiger partial charge < -0.3 is 10.6 Å². The van der Waals surface area contributed by atoms with E-state index in [0.29, 0.717) is 17.1 Å². The van der Waals surface area contributed by atoms with Crippen molar-refractivity contribution in [3.63, 3.8) is 0 Å². The second-order valence-electron chi connectivity index (χ2n) is 4.03. The minimum absolute atomic E-state index is 0.209. The molecule has 0 aliphatic heterocycles. The maximum Gasteiger partial charge on any atom is 0.137 e. The Morgan fingerprint density at radius 2 is 2.06 bits per heavy atom. The number of halogens is 2. The van der Waals surface area contributed by atoms with Gasteiger partial charge in [-0.25, -0.2) is 4.39 Å². The highest BCUT2D eigenvalue weighted by atomic mass is 79.9. The van der Waals surface area contributed by atoms with Crippen molar-refractivity contribution in [3.8, 4) is 0 Å². The molecule has 0 fully saturated rings. The Hall–Kier alpha value is -0.450. The number of benzene rings is 1.